The Kier molecular flexibility index (Phi) is 3.51. The first-order valence-electron chi connectivity index (χ1n) is 6.91. The third kappa shape index (κ3) is 2.56. The molecule has 0 radical (unpaired) electrons. The van der Waals surface area contributed by atoms with Crippen LogP contribution < -0.4 is 9.64 Å². The summed E-state index contributed by atoms with van der Waals surface area (Å²) < 4.78 is 5.37. The SMILES string of the molecule is COc1ccc(N2CCCC2)cc1-c1cc(C(=O)O)[nH]n1. The molecule has 1 aliphatic rings. The van der Waals surface area contributed by atoms with Gasteiger partial charge in [-0.05, 0) is 37.1 Å². The van der Waals surface area contributed by atoms with Crippen LogP contribution in [0, 0.1) is 0 Å². The average molecular weight is 287 g/mol. The summed E-state index contributed by atoms with van der Waals surface area (Å²) in [5.74, 6) is -0.343. The van der Waals surface area contributed by atoms with Crippen LogP contribution in [0.2, 0.25) is 0 Å². The van der Waals surface area contributed by atoms with Gasteiger partial charge in [-0.25, -0.2) is 4.79 Å². The molecule has 0 amide bonds. The molecule has 1 fully saturated rings. The molecular formula is C15H17N3O3. The van der Waals surface area contributed by atoms with Crippen LogP contribution >= 0.6 is 0 Å². The van der Waals surface area contributed by atoms with Crippen LogP contribution in [0.25, 0.3) is 11.3 Å². The molecule has 0 bridgehead atoms. The smallest absolute Gasteiger partial charge is 0.353 e. The zero-order valence-corrected chi connectivity index (χ0v) is 11.8. The van der Waals surface area contributed by atoms with Crippen LogP contribution in [0.5, 0.6) is 5.75 Å². The molecule has 3 rings (SSSR count). The second-order valence-corrected chi connectivity index (χ2v) is 5.05. The molecule has 2 aromatic rings. The minimum absolute atomic E-state index is 0.0682. The Hall–Kier alpha value is -2.50. The number of nitrogens with zero attached hydrogens (tertiary/aromatic N) is 2. The monoisotopic (exact) mass is 287 g/mol. The van der Waals surface area contributed by atoms with Gasteiger partial charge in [-0.3, -0.25) is 5.10 Å². The number of anilines is 1. The van der Waals surface area contributed by atoms with E-state index in [4.69, 9.17) is 9.84 Å². The Balaban J connectivity index is 2.01. The molecule has 2 heterocycles. The van der Waals surface area contributed by atoms with Gasteiger partial charge in [0.25, 0.3) is 0 Å². The summed E-state index contributed by atoms with van der Waals surface area (Å²) in [6.45, 7) is 2.10. The Morgan fingerprint density at radius 3 is 2.71 bits per heavy atom. The summed E-state index contributed by atoms with van der Waals surface area (Å²) in [7, 11) is 1.60. The van der Waals surface area contributed by atoms with E-state index in [0.717, 1.165) is 24.3 Å². The van der Waals surface area contributed by atoms with Gasteiger partial charge in [-0.2, -0.15) is 5.10 Å². The molecule has 2 N–H and O–H groups in total. The number of hydrogen-bond donors (Lipinski definition) is 2. The molecule has 1 aliphatic heterocycles. The summed E-state index contributed by atoms with van der Waals surface area (Å²) in [4.78, 5) is 13.3. The number of carboxylic acid groups (broad SMARTS) is 1. The lowest BCUT2D eigenvalue weighted by molar-refractivity contribution is 0.0690. The topological polar surface area (TPSA) is 78.5 Å². The van der Waals surface area contributed by atoms with Crippen molar-refractivity contribution >= 4 is 11.7 Å². The summed E-state index contributed by atoms with van der Waals surface area (Å²) in [5, 5.41) is 15.6. The largest absolute Gasteiger partial charge is 0.496 e. The third-order valence-electron chi connectivity index (χ3n) is 3.74. The van der Waals surface area contributed by atoms with Crippen molar-refractivity contribution in [3.63, 3.8) is 0 Å². The van der Waals surface area contributed by atoms with Gasteiger partial charge < -0.3 is 14.7 Å². The molecule has 0 spiro atoms. The number of H-pyrrole nitrogens is 1. The molecule has 1 saturated heterocycles. The molecule has 1 aromatic carbocycles. The number of aromatic nitrogens is 2. The Morgan fingerprint density at radius 1 is 1.33 bits per heavy atom. The van der Waals surface area contributed by atoms with Crippen LogP contribution in [-0.2, 0) is 0 Å². The van der Waals surface area contributed by atoms with Crippen molar-refractivity contribution < 1.29 is 14.6 Å². The summed E-state index contributed by atoms with van der Waals surface area (Å²) in [6.07, 6.45) is 2.40. The minimum atomic E-state index is -1.02. The van der Waals surface area contributed by atoms with E-state index >= 15 is 0 Å². The molecule has 0 atom stereocenters. The number of ether oxygens (including phenoxy) is 1. The number of benzene rings is 1. The van der Waals surface area contributed by atoms with E-state index < -0.39 is 5.97 Å². The summed E-state index contributed by atoms with van der Waals surface area (Å²) >= 11 is 0. The second-order valence-electron chi connectivity index (χ2n) is 5.05. The molecule has 110 valence electrons. The predicted octanol–water partition coefficient (Wildman–Crippen LogP) is 2.38. The van der Waals surface area contributed by atoms with Gasteiger partial charge in [0, 0.05) is 24.3 Å². The molecule has 1 aromatic heterocycles. The maximum absolute atomic E-state index is 11.0. The van der Waals surface area contributed by atoms with E-state index in [1.54, 1.807) is 7.11 Å². The lowest BCUT2D eigenvalue weighted by Gasteiger charge is -2.19. The van der Waals surface area contributed by atoms with Crippen molar-refractivity contribution in [3.05, 3.63) is 30.0 Å². The number of carbonyl (C=O) groups is 1. The number of methoxy groups -OCH3 is 1. The Morgan fingerprint density at radius 2 is 2.10 bits per heavy atom. The predicted molar refractivity (Wildman–Crippen MR) is 79.0 cm³/mol. The van der Waals surface area contributed by atoms with Gasteiger partial charge >= 0.3 is 5.97 Å². The van der Waals surface area contributed by atoms with Crippen molar-refractivity contribution in [3.8, 4) is 17.0 Å². The van der Waals surface area contributed by atoms with E-state index in [9.17, 15) is 4.79 Å². The van der Waals surface area contributed by atoms with Crippen LogP contribution in [0.15, 0.2) is 24.3 Å². The number of aromatic amines is 1. The molecule has 0 aliphatic carbocycles. The van der Waals surface area contributed by atoms with Crippen LogP contribution in [0.4, 0.5) is 5.69 Å². The van der Waals surface area contributed by atoms with Gasteiger partial charge in [0.05, 0.1) is 12.8 Å². The normalized spacial score (nSPS) is 14.4. The molecule has 21 heavy (non-hydrogen) atoms. The Labute approximate surface area is 122 Å². The first kappa shape index (κ1) is 13.5. The van der Waals surface area contributed by atoms with Crippen molar-refractivity contribution in [1.82, 2.24) is 10.2 Å². The van der Waals surface area contributed by atoms with Crippen molar-refractivity contribution in [2.24, 2.45) is 0 Å². The number of rotatable bonds is 4. The number of hydrogen-bond acceptors (Lipinski definition) is 4. The highest BCUT2D eigenvalue weighted by atomic mass is 16.5. The fraction of sp³-hybridized carbons (Fsp3) is 0.333. The highest BCUT2D eigenvalue weighted by Crippen LogP contribution is 2.34. The number of nitrogens with one attached hydrogen (secondary N) is 1. The van der Waals surface area contributed by atoms with Gasteiger partial charge in [0.1, 0.15) is 11.4 Å². The lowest BCUT2D eigenvalue weighted by atomic mass is 10.1. The molecule has 6 heteroatoms. The quantitative estimate of drug-likeness (QED) is 0.902. The van der Waals surface area contributed by atoms with Gasteiger partial charge in [-0.15, -0.1) is 0 Å². The van der Waals surface area contributed by atoms with E-state index in [0.29, 0.717) is 11.4 Å². The standard InChI is InChI=1S/C15H17N3O3/c1-21-14-5-4-10(18-6-2-3-7-18)8-11(14)12-9-13(15(19)20)17-16-12/h4-5,8-9H,2-3,6-7H2,1H3,(H,16,17)(H,19,20). The molecule has 6 nitrogen and oxygen atoms in total. The molecular weight excluding hydrogens is 270 g/mol. The summed E-state index contributed by atoms with van der Waals surface area (Å²) in [5.41, 5.74) is 2.55. The van der Waals surface area contributed by atoms with Gasteiger partial charge in [0.15, 0.2) is 0 Å². The lowest BCUT2D eigenvalue weighted by Crippen LogP contribution is -2.17. The fourth-order valence-corrected chi connectivity index (χ4v) is 2.64. The average Bonchev–Trinajstić information content (AvgIpc) is 3.18. The van der Waals surface area contributed by atoms with Crippen molar-refractivity contribution in [1.29, 1.82) is 0 Å². The van der Waals surface area contributed by atoms with Crippen molar-refractivity contribution in [2.75, 3.05) is 25.1 Å². The number of aromatic carboxylic acids is 1. The highest BCUT2D eigenvalue weighted by molar-refractivity contribution is 5.87. The number of carboxylic acids is 1. The third-order valence-corrected chi connectivity index (χ3v) is 3.74. The van der Waals surface area contributed by atoms with E-state index in [1.165, 1.54) is 18.9 Å². The zero-order chi connectivity index (χ0) is 14.8. The van der Waals surface area contributed by atoms with Gasteiger partial charge in [-0.1, -0.05) is 0 Å². The first-order valence-corrected chi connectivity index (χ1v) is 6.91. The zero-order valence-electron chi connectivity index (χ0n) is 11.8. The van der Waals surface area contributed by atoms with E-state index in [1.807, 2.05) is 18.2 Å². The summed E-state index contributed by atoms with van der Waals surface area (Å²) in [6, 6.07) is 7.45. The Bertz CT molecular complexity index is 660. The van der Waals surface area contributed by atoms with Crippen molar-refractivity contribution in [2.45, 2.75) is 12.8 Å². The molecule has 0 saturated carbocycles. The maximum atomic E-state index is 11.0. The van der Waals surface area contributed by atoms with Crippen LogP contribution in [0.3, 0.4) is 0 Å². The molecule has 0 unspecified atom stereocenters. The first-order chi connectivity index (χ1) is 10.2. The highest BCUT2D eigenvalue weighted by Gasteiger charge is 2.17. The maximum Gasteiger partial charge on any atom is 0.353 e. The fourth-order valence-electron chi connectivity index (χ4n) is 2.64. The van der Waals surface area contributed by atoms with E-state index in [2.05, 4.69) is 15.1 Å². The van der Waals surface area contributed by atoms with Crippen LogP contribution in [-0.4, -0.2) is 41.5 Å². The van der Waals surface area contributed by atoms with Gasteiger partial charge in [0.2, 0.25) is 0 Å². The van der Waals surface area contributed by atoms with E-state index in [-0.39, 0.29) is 5.69 Å². The van der Waals surface area contributed by atoms with Crippen LogP contribution in [0.1, 0.15) is 23.3 Å². The second kappa shape index (κ2) is 5.47. The minimum Gasteiger partial charge on any atom is -0.496 e.